The van der Waals surface area contributed by atoms with Crippen LogP contribution in [0.1, 0.15) is 25.8 Å². The van der Waals surface area contributed by atoms with Gasteiger partial charge in [-0.05, 0) is 36.5 Å². The molecule has 2 aromatic rings. The fourth-order valence-corrected chi connectivity index (χ4v) is 6.47. The minimum Gasteiger partial charge on any atom is -0.443 e. The van der Waals surface area contributed by atoms with Crippen LogP contribution >= 0.6 is 0 Å². The molecule has 5 N–H and O–H groups in total. The van der Waals surface area contributed by atoms with Gasteiger partial charge in [-0.1, -0.05) is 44.2 Å². The number of amides is 1. The van der Waals surface area contributed by atoms with Gasteiger partial charge in [0, 0.05) is 25.2 Å². The van der Waals surface area contributed by atoms with E-state index >= 15 is 0 Å². The van der Waals surface area contributed by atoms with E-state index in [4.69, 9.17) is 14.2 Å². The van der Waals surface area contributed by atoms with Crippen molar-refractivity contribution in [3.8, 4) is 0 Å². The van der Waals surface area contributed by atoms with Crippen molar-refractivity contribution in [3.63, 3.8) is 0 Å². The Morgan fingerprint density at radius 1 is 1.13 bits per heavy atom. The molecule has 2 aromatic carbocycles. The number of ether oxygens (including phenoxy) is 3. The zero-order valence-electron chi connectivity index (χ0n) is 21.9. The molecule has 1 amide bonds. The lowest BCUT2D eigenvalue weighted by Gasteiger charge is -2.31. The van der Waals surface area contributed by atoms with Crippen molar-refractivity contribution < 1.29 is 38.3 Å². The van der Waals surface area contributed by atoms with Gasteiger partial charge < -0.3 is 30.4 Å². The van der Waals surface area contributed by atoms with Crippen molar-refractivity contribution in [2.75, 3.05) is 26.3 Å². The monoisotopic (exact) mass is 548 g/mol. The number of alkyl carbamates (subject to hydrolysis) is 1. The Kier molecular flexibility index (Phi) is 9.40. The molecule has 10 nitrogen and oxygen atoms in total. The van der Waals surface area contributed by atoms with Gasteiger partial charge >= 0.3 is 6.09 Å². The number of aliphatic hydroxyl groups is 1. The highest BCUT2D eigenvalue weighted by Gasteiger charge is 2.44. The topological polar surface area (TPSA) is 142 Å². The average Bonchev–Trinajstić information content (AvgIpc) is 3.49. The molecular formula is C27H38N3O7S+. The first-order chi connectivity index (χ1) is 18.1. The van der Waals surface area contributed by atoms with Gasteiger partial charge in [0.25, 0.3) is 0 Å². The molecule has 2 aliphatic heterocycles. The molecule has 208 valence electrons. The SMILES string of the molecule is CC(C)CN(CC(O)C(Cc1ccccc1)NC(=O)OC1COC2OCCC12)S(=O)(=O)c1ccc([NH3+])cc1. The van der Waals surface area contributed by atoms with Crippen LogP contribution in [-0.2, 0) is 30.7 Å². The summed E-state index contributed by atoms with van der Waals surface area (Å²) in [6.07, 6.45) is -1.65. The van der Waals surface area contributed by atoms with Crippen molar-refractivity contribution in [3.05, 3.63) is 60.2 Å². The van der Waals surface area contributed by atoms with E-state index in [1.807, 2.05) is 44.2 Å². The molecule has 11 heteroatoms. The van der Waals surface area contributed by atoms with Crippen molar-refractivity contribution in [1.82, 2.24) is 9.62 Å². The number of carbonyl (C=O) groups is 1. The second kappa shape index (κ2) is 12.5. The molecular weight excluding hydrogens is 510 g/mol. The van der Waals surface area contributed by atoms with Gasteiger partial charge in [0.2, 0.25) is 10.0 Å². The summed E-state index contributed by atoms with van der Waals surface area (Å²) in [4.78, 5) is 13.1. The Balaban J connectivity index is 1.51. The van der Waals surface area contributed by atoms with Crippen molar-refractivity contribution in [2.45, 2.75) is 56.1 Å². The molecule has 0 bridgehead atoms. The van der Waals surface area contributed by atoms with Crippen LogP contribution in [0.2, 0.25) is 0 Å². The Hall–Kier alpha value is -2.54. The molecule has 2 saturated heterocycles. The normalized spacial score (nSPS) is 22.8. The Morgan fingerprint density at radius 3 is 2.53 bits per heavy atom. The minimum atomic E-state index is -3.90. The molecule has 2 heterocycles. The van der Waals surface area contributed by atoms with Gasteiger partial charge in [-0.25, -0.2) is 13.2 Å². The number of hydrogen-bond donors (Lipinski definition) is 3. The van der Waals surface area contributed by atoms with E-state index in [1.165, 1.54) is 16.4 Å². The van der Waals surface area contributed by atoms with Crippen LogP contribution in [0.3, 0.4) is 0 Å². The average molecular weight is 549 g/mol. The largest absolute Gasteiger partial charge is 0.443 e. The molecule has 0 aliphatic carbocycles. The Morgan fingerprint density at radius 2 is 1.84 bits per heavy atom. The van der Waals surface area contributed by atoms with Crippen molar-refractivity contribution >= 4 is 21.8 Å². The molecule has 0 spiro atoms. The Bertz CT molecular complexity index is 1160. The summed E-state index contributed by atoms with van der Waals surface area (Å²) in [6, 6.07) is 14.9. The number of hydrogen-bond acceptors (Lipinski definition) is 7. The number of rotatable bonds is 11. The summed E-state index contributed by atoms with van der Waals surface area (Å²) in [6.45, 7) is 4.64. The summed E-state index contributed by atoms with van der Waals surface area (Å²) in [5.41, 5.74) is 5.40. The molecule has 2 fully saturated rings. The standard InChI is InChI=1S/C27H37N3O7S/c1-18(2)15-30(38(33,34)21-10-8-20(28)9-11-21)16-24(31)23(14-19-6-4-3-5-7-19)29-27(32)37-25-17-36-26-22(25)12-13-35-26/h3-11,18,22-26,31H,12-17,28H2,1-2H3,(H,29,32)/p+1. The van der Waals surface area contributed by atoms with Crippen LogP contribution in [0.15, 0.2) is 59.5 Å². The Labute approximate surface area is 224 Å². The van der Waals surface area contributed by atoms with Crippen LogP contribution < -0.4 is 11.1 Å². The third-order valence-corrected chi connectivity index (χ3v) is 8.68. The molecule has 0 saturated carbocycles. The molecule has 5 unspecified atom stereocenters. The lowest BCUT2D eigenvalue weighted by molar-refractivity contribution is -0.254. The number of sulfonamides is 1. The minimum absolute atomic E-state index is 0.0125. The van der Waals surface area contributed by atoms with Gasteiger partial charge in [-0.3, -0.25) is 0 Å². The zero-order valence-corrected chi connectivity index (χ0v) is 22.7. The third kappa shape index (κ3) is 7.10. The predicted octanol–water partition coefficient (Wildman–Crippen LogP) is 1.67. The van der Waals surface area contributed by atoms with Crippen LogP contribution in [0, 0.1) is 11.8 Å². The number of quaternary nitrogens is 1. The van der Waals surface area contributed by atoms with Gasteiger partial charge in [0.1, 0.15) is 11.8 Å². The summed E-state index contributed by atoms with van der Waals surface area (Å²) >= 11 is 0. The summed E-state index contributed by atoms with van der Waals surface area (Å²) < 4.78 is 45.0. The van der Waals surface area contributed by atoms with E-state index in [2.05, 4.69) is 11.1 Å². The highest BCUT2D eigenvalue weighted by Crippen LogP contribution is 2.33. The molecule has 38 heavy (non-hydrogen) atoms. The van der Waals surface area contributed by atoms with Gasteiger partial charge in [0.15, 0.2) is 6.29 Å². The van der Waals surface area contributed by atoms with E-state index < -0.39 is 34.4 Å². The molecule has 0 aromatic heterocycles. The van der Waals surface area contributed by atoms with Crippen molar-refractivity contribution in [1.29, 1.82) is 0 Å². The number of fused-ring (bicyclic) bond motifs is 1. The van der Waals surface area contributed by atoms with Crippen LogP contribution in [0.25, 0.3) is 0 Å². The summed E-state index contributed by atoms with van der Waals surface area (Å²) in [5, 5.41) is 14.1. The third-order valence-electron chi connectivity index (χ3n) is 6.83. The lowest BCUT2D eigenvalue weighted by atomic mass is 10.0. The summed E-state index contributed by atoms with van der Waals surface area (Å²) in [7, 11) is -3.90. The van der Waals surface area contributed by atoms with Crippen LogP contribution in [-0.4, -0.2) is 74.8 Å². The smallest absolute Gasteiger partial charge is 0.407 e. The molecule has 4 rings (SSSR count). The summed E-state index contributed by atoms with van der Waals surface area (Å²) in [5.74, 6) is -0.00633. The van der Waals surface area contributed by atoms with Crippen LogP contribution in [0.4, 0.5) is 10.5 Å². The van der Waals surface area contributed by atoms with Crippen molar-refractivity contribution in [2.24, 2.45) is 11.8 Å². The number of carbonyl (C=O) groups excluding carboxylic acids is 1. The highest BCUT2D eigenvalue weighted by atomic mass is 32.2. The molecule has 2 aliphatic rings. The number of nitrogens with one attached hydrogen (secondary N) is 1. The first-order valence-corrected chi connectivity index (χ1v) is 14.4. The second-order valence-electron chi connectivity index (χ2n) is 10.3. The first kappa shape index (κ1) is 28.5. The van der Waals surface area contributed by atoms with Gasteiger partial charge in [-0.15, -0.1) is 0 Å². The number of nitrogens with zero attached hydrogens (tertiary/aromatic N) is 1. The van der Waals surface area contributed by atoms with E-state index in [0.717, 1.165) is 12.0 Å². The van der Waals surface area contributed by atoms with Gasteiger partial charge in [0.05, 0.1) is 36.2 Å². The van der Waals surface area contributed by atoms with E-state index in [1.54, 1.807) is 12.1 Å². The lowest BCUT2D eigenvalue weighted by Crippen LogP contribution is -2.51. The second-order valence-corrected chi connectivity index (χ2v) is 12.3. The predicted molar refractivity (Wildman–Crippen MR) is 140 cm³/mol. The molecule has 0 radical (unpaired) electrons. The van der Waals surface area contributed by atoms with E-state index in [-0.39, 0.29) is 42.7 Å². The first-order valence-electron chi connectivity index (χ1n) is 13.0. The van der Waals surface area contributed by atoms with Crippen LogP contribution in [0.5, 0.6) is 0 Å². The quantitative estimate of drug-likeness (QED) is 0.388. The maximum Gasteiger partial charge on any atom is 0.407 e. The molecule has 5 atom stereocenters. The zero-order chi connectivity index (χ0) is 27.3. The number of benzene rings is 2. The fourth-order valence-electron chi connectivity index (χ4n) is 4.85. The van der Waals surface area contributed by atoms with Gasteiger partial charge in [-0.2, -0.15) is 4.31 Å². The van der Waals surface area contributed by atoms with E-state index in [9.17, 15) is 18.3 Å². The number of aliphatic hydroxyl groups excluding tert-OH is 1. The maximum absolute atomic E-state index is 13.5. The highest BCUT2D eigenvalue weighted by molar-refractivity contribution is 7.89. The van der Waals surface area contributed by atoms with E-state index in [0.29, 0.717) is 18.7 Å². The maximum atomic E-state index is 13.5. The fraction of sp³-hybridized carbons (Fsp3) is 0.519.